The lowest BCUT2D eigenvalue weighted by atomic mass is 9.99. The van der Waals surface area contributed by atoms with Crippen LogP contribution in [0.2, 0.25) is 0 Å². The first kappa shape index (κ1) is 24.0. The molecule has 5 nitrogen and oxygen atoms in total. The highest BCUT2D eigenvalue weighted by molar-refractivity contribution is 7.16. The molecule has 1 aliphatic heterocycles. The maximum atomic E-state index is 5.92. The first-order valence-corrected chi connectivity index (χ1v) is 9.42. The first-order valence-electron chi connectivity index (χ1n) is 8.60. The van der Waals surface area contributed by atoms with Gasteiger partial charge in [-0.15, -0.1) is 11.3 Å². The van der Waals surface area contributed by atoms with Crippen molar-refractivity contribution in [2.24, 2.45) is 21.5 Å². The second-order valence-electron chi connectivity index (χ2n) is 5.80. The van der Waals surface area contributed by atoms with Gasteiger partial charge in [0.15, 0.2) is 0 Å². The Bertz CT molecular complexity index is 746. The fourth-order valence-corrected chi connectivity index (χ4v) is 3.38. The van der Waals surface area contributed by atoms with Gasteiger partial charge in [-0.25, -0.2) is 4.99 Å². The number of amidine groups is 1. The van der Waals surface area contributed by atoms with Gasteiger partial charge in [-0.1, -0.05) is 50.1 Å². The van der Waals surface area contributed by atoms with Crippen molar-refractivity contribution in [1.82, 2.24) is 0 Å². The second kappa shape index (κ2) is 11.6. The number of aryl methyl sites for hydroxylation is 2. The molecule has 6 heteroatoms. The minimum Gasteiger partial charge on any atom is -0.412 e. The van der Waals surface area contributed by atoms with Crippen molar-refractivity contribution in [3.05, 3.63) is 51.4 Å². The second-order valence-corrected chi connectivity index (χ2v) is 7.01. The summed E-state index contributed by atoms with van der Waals surface area (Å²) in [5.41, 5.74) is 16.2. The SMILES string of the molecule is CCC.CN.Cc1ccc(C2=NCC(N)=Nc3sc(C)c(C)c32)cc1.O. The van der Waals surface area contributed by atoms with E-state index in [9.17, 15) is 0 Å². The fourth-order valence-electron chi connectivity index (χ4n) is 2.32. The summed E-state index contributed by atoms with van der Waals surface area (Å²) in [6.45, 7) is 11.0. The molecule has 1 aromatic carbocycles. The molecule has 3 rings (SSSR count). The van der Waals surface area contributed by atoms with Crippen LogP contribution in [0.5, 0.6) is 0 Å². The van der Waals surface area contributed by atoms with Crippen LogP contribution in [0, 0.1) is 20.8 Å². The topological polar surface area (TPSA) is 108 Å². The third-order valence-electron chi connectivity index (χ3n) is 3.57. The Balaban J connectivity index is 0.000000949. The van der Waals surface area contributed by atoms with Crippen molar-refractivity contribution >= 4 is 27.9 Å². The van der Waals surface area contributed by atoms with Crippen LogP contribution in [-0.4, -0.2) is 30.6 Å². The summed E-state index contributed by atoms with van der Waals surface area (Å²) in [4.78, 5) is 10.5. The lowest BCUT2D eigenvalue weighted by Gasteiger charge is -2.07. The van der Waals surface area contributed by atoms with Gasteiger partial charge in [-0.3, -0.25) is 4.99 Å². The van der Waals surface area contributed by atoms with Crippen molar-refractivity contribution in [2.75, 3.05) is 13.6 Å². The summed E-state index contributed by atoms with van der Waals surface area (Å²) in [5, 5.41) is 0.981. The summed E-state index contributed by atoms with van der Waals surface area (Å²) in [6, 6.07) is 8.46. The number of nitrogens with zero attached hydrogens (tertiary/aromatic N) is 2. The standard InChI is InChI=1S/C16H17N3S.C3H8.CH5N.H2O/c1-9-4-6-12(7-5-9)15-14-10(2)11(3)20-16(14)19-13(17)8-18-15;1-3-2;1-2;/h4-7H,8H2,1-3H3,(H2,17,19);3H2,1-2H3;2H2,1H3;1H2. The van der Waals surface area contributed by atoms with Gasteiger partial charge in [0, 0.05) is 16.0 Å². The molecule has 0 atom stereocenters. The van der Waals surface area contributed by atoms with Gasteiger partial charge in [-0.2, -0.15) is 0 Å². The Morgan fingerprint density at radius 2 is 1.58 bits per heavy atom. The fraction of sp³-hybridized carbons (Fsp3) is 0.400. The quantitative estimate of drug-likeness (QED) is 0.791. The molecule has 0 saturated carbocycles. The summed E-state index contributed by atoms with van der Waals surface area (Å²) in [7, 11) is 1.50. The lowest BCUT2D eigenvalue weighted by Crippen LogP contribution is -2.15. The number of fused-ring (bicyclic) bond motifs is 1. The van der Waals surface area contributed by atoms with Gasteiger partial charge >= 0.3 is 0 Å². The molecule has 26 heavy (non-hydrogen) atoms. The molecule has 0 unspecified atom stereocenters. The molecule has 0 saturated heterocycles. The highest BCUT2D eigenvalue weighted by Crippen LogP contribution is 2.37. The molecule has 2 heterocycles. The van der Waals surface area contributed by atoms with E-state index < -0.39 is 0 Å². The molecule has 1 aromatic heterocycles. The Morgan fingerprint density at radius 1 is 1.04 bits per heavy atom. The van der Waals surface area contributed by atoms with E-state index in [-0.39, 0.29) is 5.48 Å². The number of thiophene rings is 1. The van der Waals surface area contributed by atoms with Crippen LogP contribution in [0.4, 0.5) is 5.00 Å². The molecular weight excluding hydrogens is 344 g/mol. The third-order valence-corrected chi connectivity index (χ3v) is 4.67. The molecule has 1 aliphatic rings. The first-order chi connectivity index (χ1) is 12.0. The van der Waals surface area contributed by atoms with E-state index in [0.29, 0.717) is 12.4 Å². The van der Waals surface area contributed by atoms with Gasteiger partial charge in [0.05, 0.1) is 12.3 Å². The van der Waals surface area contributed by atoms with E-state index in [1.807, 2.05) is 0 Å². The average Bonchev–Trinajstić information content (AvgIpc) is 2.77. The van der Waals surface area contributed by atoms with E-state index in [1.165, 1.54) is 29.5 Å². The van der Waals surface area contributed by atoms with E-state index >= 15 is 0 Å². The van der Waals surface area contributed by atoms with Crippen molar-refractivity contribution < 1.29 is 5.48 Å². The molecule has 2 aromatic rings. The molecular formula is C20H32N4OS. The molecule has 6 N–H and O–H groups in total. The highest BCUT2D eigenvalue weighted by atomic mass is 32.1. The average molecular weight is 377 g/mol. The van der Waals surface area contributed by atoms with Gasteiger partial charge < -0.3 is 16.9 Å². The summed E-state index contributed by atoms with van der Waals surface area (Å²) in [5.74, 6) is 0.578. The van der Waals surface area contributed by atoms with Crippen LogP contribution in [0.25, 0.3) is 0 Å². The molecule has 0 fully saturated rings. The Hall–Kier alpha value is -2.02. The van der Waals surface area contributed by atoms with Gasteiger partial charge in [0.25, 0.3) is 0 Å². The summed E-state index contributed by atoms with van der Waals surface area (Å²) in [6.07, 6.45) is 1.25. The third kappa shape index (κ3) is 5.76. The molecule has 0 amide bonds. The van der Waals surface area contributed by atoms with Crippen molar-refractivity contribution in [3.8, 4) is 0 Å². The van der Waals surface area contributed by atoms with E-state index in [0.717, 1.165) is 21.8 Å². The van der Waals surface area contributed by atoms with Crippen LogP contribution in [0.15, 0.2) is 34.3 Å². The van der Waals surface area contributed by atoms with Gasteiger partial charge in [0.1, 0.15) is 10.8 Å². The lowest BCUT2D eigenvalue weighted by molar-refractivity contribution is 0.824. The maximum absolute atomic E-state index is 5.92. The Morgan fingerprint density at radius 3 is 2.12 bits per heavy atom. The minimum absolute atomic E-state index is 0. The molecule has 0 spiro atoms. The zero-order chi connectivity index (χ0) is 19.0. The monoisotopic (exact) mass is 376 g/mol. The zero-order valence-corrected chi connectivity index (χ0v) is 17.5. The smallest absolute Gasteiger partial charge is 0.128 e. The molecule has 0 radical (unpaired) electrons. The number of hydrogen-bond acceptors (Lipinski definition) is 5. The Kier molecular flexibility index (Phi) is 10.7. The number of benzene rings is 1. The highest BCUT2D eigenvalue weighted by Gasteiger charge is 2.21. The predicted molar refractivity (Wildman–Crippen MR) is 116 cm³/mol. The largest absolute Gasteiger partial charge is 0.412 e. The summed E-state index contributed by atoms with van der Waals surface area (Å²) < 4.78 is 0. The van der Waals surface area contributed by atoms with Crippen LogP contribution < -0.4 is 11.5 Å². The van der Waals surface area contributed by atoms with Crippen molar-refractivity contribution in [2.45, 2.75) is 41.0 Å². The number of aliphatic imine (C=N–C) groups is 2. The van der Waals surface area contributed by atoms with Gasteiger partial charge in [-0.05, 0) is 33.4 Å². The van der Waals surface area contributed by atoms with Crippen LogP contribution >= 0.6 is 11.3 Å². The predicted octanol–water partition coefficient (Wildman–Crippen LogP) is 3.68. The van der Waals surface area contributed by atoms with Crippen LogP contribution in [0.1, 0.15) is 47.4 Å². The number of nitrogens with two attached hydrogens (primary N) is 2. The van der Waals surface area contributed by atoms with Crippen LogP contribution in [0.3, 0.4) is 0 Å². The Labute approximate surface area is 161 Å². The number of rotatable bonds is 1. The molecule has 0 aliphatic carbocycles. The van der Waals surface area contributed by atoms with E-state index in [2.05, 4.69) is 74.6 Å². The van der Waals surface area contributed by atoms with Crippen molar-refractivity contribution in [3.63, 3.8) is 0 Å². The maximum Gasteiger partial charge on any atom is 0.128 e. The summed E-state index contributed by atoms with van der Waals surface area (Å²) >= 11 is 1.69. The minimum atomic E-state index is 0. The van der Waals surface area contributed by atoms with E-state index in [4.69, 9.17) is 5.73 Å². The van der Waals surface area contributed by atoms with Crippen molar-refractivity contribution in [1.29, 1.82) is 0 Å². The van der Waals surface area contributed by atoms with Crippen LogP contribution in [-0.2, 0) is 0 Å². The van der Waals surface area contributed by atoms with Gasteiger partial charge in [0.2, 0.25) is 0 Å². The number of hydrogen-bond donors (Lipinski definition) is 2. The zero-order valence-electron chi connectivity index (χ0n) is 16.7. The molecule has 0 bridgehead atoms. The normalized spacial score (nSPS) is 12.0. The van der Waals surface area contributed by atoms with E-state index in [1.54, 1.807) is 11.3 Å². The molecule has 144 valence electrons.